The van der Waals surface area contributed by atoms with E-state index in [-0.39, 0.29) is 0 Å². The molecule has 0 radical (unpaired) electrons. The van der Waals surface area contributed by atoms with Crippen LogP contribution in [0, 0.1) is 11.8 Å². The lowest BCUT2D eigenvalue weighted by Crippen LogP contribution is -2.25. The van der Waals surface area contributed by atoms with E-state index in [4.69, 9.17) is 11.6 Å². The summed E-state index contributed by atoms with van der Waals surface area (Å²) in [5.41, 5.74) is 4.23. The van der Waals surface area contributed by atoms with Crippen molar-refractivity contribution < 1.29 is 0 Å². The highest BCUT2D eigenvalue weighted by Crippen LogP contribution is 2.33. The summed E-state index contributed by atoms with van der Waals surface area (Å²) < 4.78 is 0. The molecule has 2 bridgehead atoms. The van der Waals surface area contributed by atoms with E-state index in [0.29, 0.717) is 11.8 Å². The molecule has 2 atom stereocenters. The average Bonchev–Trinajstić information content (AvgIpc) is 2.39. The second kappa shape index (κ2) is 4.30. The predicted molar refractivity (Wildman–Crippen MR) is 73.0 cm³/mol. The number of nitrogens with zero attached hydrogens (tertiary/aromatic N) is 1. The fourth-order valence-electron chi connectivity index (χ4n) is 3.12. The molecule has 88 valence electrons. The number of aliphatic imine (C=N–C) groups is 1. The summed E-state index contributed by atoms with van der Waals surface area (Å²) in [6, 6.07) is 6.32. The summed E-state index contributed by atoms with van der Waals surface area (Å²) in [5.74, 6) is 1.08. The molecule has 1 nitrogen and oxygen atoms in total. The van der Waals surface area contributed by atoms with E-state index in [0.717, 1.165) is 24.3 Å². The molecule has 0 spiro atoms. The normalized spacial score (nSPS) is 28.9. The zero-order chi connectivity index (χ0) is 11.8. The van der Waals surface area contributed by atoms with Gasteiger partial charge in [0.2, 0.25) is 0 Å². The minimum Gasteiger partial charge on any atom is -0.297 e. The second-order valence-corrected chi connectivity index (χ2v) is 5.37. The third-order valence-electron chi connectivity index (χ3n) is 3.92. The molecule has 17 heavy (non-hydrogen) atoms. The van der Waals surface area contributed by atoms with Gasteiger partial charge in [0.15, 0.2) is 0 Å². The van der Waals surface area contributed by atoms with Crippen LogP contribution in [0.1, 0.15) is 17.5 Å². The molecule has 0 saturated carbocycles. The monoisotopic (exact) mass is 245 g/mol. The first-order valence-corrected chi connectivity index (χ1v) is 6.56. The molecule has 2 aliphatic carbocycles. The molecule has 0 N–H and O–H groups in total. The standard InChI is InChI=1S/C15H16ClN/c1-17-15-11-3-2-4-12(15)8-13-9-14(16)6-5-10(13)7-11/h2,4-6,9,11-12H,3,7-8H2,1H3. The Morgan fingerprint density at radius 3 is 2.94 bits per heavy atom. The van der Waals surface area contributed by atoms with Crippen LogP contribution >= 0.6 is 11.6 Å². The summed E-state index contributed by atoms with van der Waals surface area (Å²) in [4.78, 5) is 4.53. The second-order valence-electron chi connectivity index (χ2n) is 4.94. The van der Waals surface area contributed by atoms with Gasteiger partial charge in [0.05, 0.1) is 0 Å². The van der Waals surface area contributed by atoms with E-state index in [2.05, 4.69) is 29.3 Å². The highest BCUT2D eigenvalue weighted by atomic mass is 35.5. The van der Waals surface area contributed by atoms with Gasteiger partial charge in [0.25, 0.3) is 0 Å². The molecular formula is C15H16ClN. The highest BCUT2D eigenvalue weighted by molar-refractivity contribution is 6.30. The van der Waals surface area contributed by atoms with Crippen LogP contribution < -0.4 is 0 Å². The van der Waals surface area contributed by atoms with Gasteiger partial charge < -0.3 is 0 Å². The Morgan fingerprint density at radius 2 is 2.12 bits per heavy atom. The van der Waals surface area contributed by atoms with Crippen molar-refractivity contribution in [1.82, 2.24) is 0 Å². The van der Waals surface area contributed by atoms with Crippen LogP contribution in [0.25, 0.3) is 0 Å². The molecule has 0 fully saturated rings. The van der Waals surface area contributed by atoms with E-state index in [1.165, 1.54) is 16.8 Å². The first-order chi connectivity index (χ1) is 8.28. The fourth-order valence-corrected chi connectivity index (χ4v) is 3.32. The van der Waals surface area contributed by atoms with Crippen LogP contribution in [-0.2, 0) is 12.8 Å². The van der Waals surface area contributed by atoms with E-state index >= 15 is 0 Å². The number of fused-ring (bicyclic) bond motifs is 3. The Morgan fingerprint density at radius 1 is 1.24 bits per heavy atom. The lowest BCUT2D eigenvalue weighted by Gasteiger charge is -2.23. The minimum atomic E-state index is 0.485. The van der Waals surface area contributed by atoms with Gasteiger partial charge in [-0.2, -0.15) is 0 Å². The fraction of sp³-hybridized carbons (Fsp3) is 0.400. The molecule has 1 aromatic rings. The summed E-state index contributed by atoms with van der Waals surface area (Å²) in [6.07, 6.45) is 7.92. The van der Waals surface area contributed by atoms with Crippen molar-refractivity contribution >= 4 is 17.3 Å². The number of benzene rings is 1. The van der Waals surface area contributed by atoms with E-state index in [1.54, 1.807) is 0 Å². The van der Waals surface area contributed by atoms with Crippen LogP contribution in [0.2, 0.25) is 5.02 Å². The van der Waals surface area contributed by atoms with Crippen molar-refractivity contribution in [2.24, 2.45) is 16.8 Å². The van der Waals surface area contributed by atoms with Gasteiger partial charge in [0, 0.05) is 29.6 Å². The molecule has 0 heterocycles. The van der Waals surface area contributed by atoms with Gasteiger partial charge in [-0.05, 0) is 42.5 Å². The van der Waals surface area contributed by atoms with Crippen LogP contribution in [0.3, 0.4) is 0 Å². The van der Waals surface area contributed by atoms with Crippen LogP contribution in [0.15, 0.2) is 35.3 Å². The van der Waals surface area contributed by atoms with Crippen molar-refractivity contribution in [3.05, 3.63) is 46.5 Å². The van der Waals surface area contributed by atoms with Gasteiger partial charge in [-0.1, -0.05) is 29.8 Å². The summed E-state index contributed by atoms with van der Waals surface area (Å²) in [7, 11) is 1.93. The first-order valence-electron chi connectivity index (χ1n) is 6.18. The topological polar surface area (TPSA) is 12.4 Å². The molecule has 0 saturated heterocycles. The van der Waals surface area contributed by atoms with Crippen molar-refractivity contribution in [2.45, 2.75) is 19.3 Å². The predicted octanol–water partition coefficient (Wildman–Crippen LogP) is 3.70. The van der Waals surface area contributed by atoms with Gasteiger partial charge in [-0.3, -0.25) is 4.99 Å². The number of hydrogen-bond acceptors (Lipinski definition) is 1. The molecule has 0 aromatic heterocycles. The third kappa shape index (κ3) is 1.93. The smallest absolute Gasteiger partial charge is 0.0408 e. The third-order valence-corrected chi connectivity index (χ3v) is 4.15. The number of hydrogen-bond donors (Lipinski definition) is 0. The molecule has 2 unspecified atom stereocenters. The maximum absolute atomic E-state index is 6.09. The summed E-state index contributed by atoms with van der Waals surface area (Å²) in [6.45, 7) is 0. The Balaban J connectivity index is 2.08. The van der Waals surface area contributed by atoms with Gasteiger partial charge in [-0.25, -0.2) is 0 Å². The van der Waals surface area contributed by atoms with Crippen molar-refractivity contribution in [3.8, 4) is 0 Å². The van der Waals surface area contributed by atoms with E-state index in [1.807, 2.05) is 13.1 Å². The van der Waals surface area contributed by atoms with Gasteiger partial charge in [-0.15, -0.1) is 0 Å². The van der Waals surface area contributed by atoms with Gasteiger partial charge >= 0.3 is 0 Å². The zero-order valence-corrected chi connectivity index (χ0v) is 10.7. The number of allylic oxidation sites excluding steroid dienone is 2. The molecule has 0 aliphatic heterocycles. The molecule has 0 amide bonds. The molecular weight excluding hydrogens is 230 g/mol. The Bertz CT molecular complexity index is 502. The van der Waals surface area contributed by atoms with Crippen molar-refractivity contribution in [2.75, 3.05) is 7.05 Å². The quantitative estimate of drug-likeness (QED) is 0.618. The molecule has 3 rings (SSSR count). The maximum atomic E-state index is 6.09. The van der Waals surface area contributed by atoms with Crippen molar-refractivity contribution in [3.63, 3.8) is 0 Å². The van der Waals surface area contributed by atoms with Gasteiger partial charge in [0.1, 0.15) is 0 Å². The van der Waals surface area contributed by atoms with Crippen molar-refractivity contribution in [1.29, 1.82) is 0 Å². The SMILES string of the molecule is CN=C1C2C=CCC1Cc1ccc(Cl)cc1C2. The first kappa shape index (κ1) is 11.0. The molecule has 2 heteroatoms. The maximum Gasteiger partial charge on any atom is 0.0408 e. The molecule has 1 aromatic carbocycles. The van der Waals surface area contributed by atoms with E-state index < -0.39 is 0 Å². The van der Waals surface area contributed by atoms with Crippen LogP contribution in [0.4, 0.5) is 0 Å². The lowest BCUT2D eigenvalue weighted by atomic mass is 9.82. The molecule has 2 aliphatic rings. The average molecular weight is 246 g/mol. The van der Waals surface area contributed by atoms with Crippen LogP contribution in [-0.4, -0.2) is 12.8 Å². The highest BCUT2D eigenvalue weighted by Gasteiger charge is 2.29. The summed E-state index contributed by atoms with van der Waals surface area (Å²) >= 11 is 6.09. The number of halogens is 1. The Hall–Kier alpha value is -1.08. The Labute approximate surface area is 107 Å². The lowest BCUT2D eigenvalue weighted by molar-refractivity contribution is 0.652. The van der Waals surface area contributed by atoms with Crippen LogP contribution in [0.5, 0.6) is 0 Å². The largest absolute Gasteiger partial charge is 0.297 e. The zero-order valence-electron chi connectivity index (χ0n) is 9.99. The Kier molecular flexibility index (Phi) is 2.79. The number of rotatable bonds is 0. The summed E-state index contributed by atoms with van der Waals surface area (Å²) in [5, 5.41) is 0.846. The minimum absolute atomic E-state index is 0.485. The van der Waals surface area contributed by atoms with E-state index in [9.17, 15) is 0 Å².